The van der Waals surface area contributed by atoms with Crippen LogP contribution in [0.2, 0.25) is 0 Å². The van der Waals surface area contributed by atoms with E-state index in [0.717, 1.165) is 18.5 Å². The molecule has 1 fully saturated rings. The highest BCUT2D eigenvalue weighted by molar-refractivity contribution is 4.97. The Morgan fingerprint density at radius 2 is 2.06 bits per heavy atom. The van der Waals surface area contributed by atoms with E-state index in [1.165, 1.54) is 38.6 Å². The van der Waals surface area contributed by atoms with Gasteiger partial charge in [-0.3, -0.25) is 4.90 Å². The summed E-state index contributed by atoms with van der Waals surface area (Å²) in [5, 5.41) is 0. The molecular formula is C14H30N2. The zero-order chi connectivity index (χ0) is 12.2. The quantitative estimate of drug-likeness (QED) is 0.754. The minimum absolute atomic E-state index is 0.278. The molecule has 1 aliphatic heterocycles. The molecule has 1 aliphatic rings. The second-order valence-corrected chi connectivity index (χ2v) is 5.68. The summed E-state index contributed by atoms with van der Waals surface area (Å²) in [5.41, 5.74) is 6.38. The van der Waals surface area contributed by atoms with Crippen LogP contribution in [0.5, 0.6) is 0 Å². The van der Waals surface area contributed by atoms with Gasteiger partial charge in [-0.15, -0.1) is 0 Å². The summed E-state index contributed by atoms with van der Waals surface area (Å²) < 4.78 is 0. The van der Waals surface area contributed by atoms with E-state index in [0.29, 0.717) is 0 Å². The van der Waals surface area contributed by atoms with Crippen molar-refractivity contribution in [2.75, 3.05) is 13.1 Å². The van der Waals surface area contributed by atoms with Crippen molar-refractivity contribution >= 4 is 0 Å². The molecule has 2 nitrogen and oxygen atoms in total. The lowest BCUT2D eigenvalue weighted by Gasteiger charge is -2.45. The van der Waals surface area contributed by atoms with Gasteiger partial charge in [-0.25, -0.2) is 0 Å². The summed E-state index contributed by atoms with van der Waals surface area (Å²) in [7, 11) is 0. The molecule has 2 heteroatoms. The van der Waals surface area contributed by atoms with Crippen molar-refractivity contribution in [3.8, 4) is 0 Å². The molecule has 0 bridgehead atoms. The Hall–Kier alpha value is -0.0800. The molecule has 0 saturated carbocycles. The Labute approximate surface area is 102 Å². The SMILES string of the molecule is CCCC(CC)(CN)N1CCCC1C(C)C. The fourth-order valence-corrected chi connectivity index (χ4v) is 3.43. The Morgan fingerprint density at radius 1 is 1.38 bits per heavy atom. The van der Waals surface area contributed by atoms with E-state index in [2.05, 4.69) is 32.6 Å². The second kappa shape index (κ2) is 6.02. The smallest absolute Gasteiger partial charge is 0.0332 e. The van der Waals surface area contributed by atoms with Gasteiger partial charge in [0.2, 0.25) is 0 Å². The maximum absolute atomic E-state index is 6.10. The molecule has 0 radical (unpaired) electrons. The molecule has 0 aromatic rings. The first-order valence-electron chi connectivity index (χ1n) is 7.08. The zero-order valence-corrected chi connectivity index (χ0v) is 11.6. The van der Waals surface area contributed by atoms with Crippen LogP contribution in [0, 0.1) is 5.92 Å². The molecule has 0 amide bonds. The lowest BCUT2D eigenvalue weighted by atomic mass is 9.86. The molecule has 96 valence electrons. The predicted octanol–water partition coefficient (Wildman–Crippen LogP) is 3.01. The molecule has 16 heavy (non-hydrogen) atoms. The van der Waals surface area contributed by atoms with Crippen LogP contribution in [0.1, 0.15) is 59.8 Å². The summed E-state index contributed by atoms with van der Waals surface area (Å²) in [4.78, 5) is 2.74. The monoisotopic (exact) mass is 226 g/mol. The fraction of sp³-hybridized carbons (Fsp3) is 1.00. The lowest BCUT2D eigenvalue weighted by molar-refractivity contribution is 0.0483. The first-order chi connectivity index (χ1) is 7.61. The first-order valence-corrected chi connectivity index (χ1v) is 7.08. The van der Waals surface area contributed by atoms with E-state index < -0.39 is 0 Å². The van der Waals surface area contributed by atoms with Crippen LogP contribution in [0.25, 0.3) is 0 Å². The maximum atomic E-state index is 6.10. The molecule has 0 aromatic heterocycles. The first kappa shape index (κ1) is 14.0. The molecule has 1 rings (SSSR count). The van der Waals surface area contributed by atoms with Gasteiger partial charge in [0.25, 0.3) is 0 Å². The van der Waals surface area contributed by atoms with Crippen LogP contribution in [0.4, 0.5) is 0 Å². The topological polar surface area (TPSA) is 29.3 Å². The Kier molecular flexibility index (Phi) is 5.26. The van der Waals surface area contributed by atoms with Crippen LogP contribution in [-0.2, 0) is 0 Å². The van der Waals surface area contributed by atoms with E-state index >= 15 is 0 Å². The summed E-state index contributed by atoms with van der Waals surface area (Å²) in [5.74, 6) is 0.761. The summed E-state index contributed by atoms with van der Waals surface area (Å²) in [6.45, 7) is 11.4. The molecule has 2 atom stereocenters. The maximum Gasteiger partial charge on any atom is 0.0332 e. The summed E-state index contributed by atoms with van der Waals surface area (Å²) in [6.07, 6.45) is 6.41. The Morgan fingerprint density at radius 3 is 2.50 bits per heavy atom. The normalized spacial score (nSPS) is 26.2. The average molecular weight is 226 g/mol. The third kappa shape index (κ3) is 2.60. The predicted molar refractivity (Wildman–Crippen MR) is 71.6 cm³/mol. The Balaban J connectivity index is 2.84. The number of likely N-dealkylation sites (tertiary alicyclic amines) is 1. The van der Waals surface area contributed by atoms with E-state index in [1.54, 1.807) is 0 Å². The lowest BCUT2D eigenvalue weighted by Crippen LogP contribution is -2.56. The van der Waals surface area contributed by atoms with Gasteiger partial charge < -0.3 is 5.73 Å². The van der Waals surface area contributed by atoms with Gasteiger partial charge in [0.1, 0.15) is 0 Å². The molecule has 1 saturated heterocycles. The highest BCUT2D eigenvalue weighted by Gasteiger charge is 2.40. The van der Waals surface area contributed by atoms with Crippen molar-refractivity contribution in [1.29, 1.82) is 0 Å². The number of hydrogen-bond donors (Lipinski definition) is 1. The summed E-state index contributed by atoms with van der Waals surface area (Å²) in [6, 6.07) is 0.759. The molecule has 0 aliphatic carbocycles. The van der Waals surface area contributed by atoms with Crippen molar-refractivity contribution in [2.24, 2.45) is 11.7 Å². The molecule has 2 unspecified atom stereocenters. The van der Waals surface area contributed by atoms with Gasteiger partial charge in [0.05, 0.1) is 0 Å². The molecule has 0 aromatic carbocycles. The largest absolute Gasteiger partial charge is 0.329 e. The number of rotatable bonds is 6. The van der Waals surface area contributed by atoms with Gasteiger partial charge in [0, 0.05) is 18.1 Å². The minimum Gasteiger partial charge on any atom is -0.329 e. The van der Waals surface area contributed by atoms with Crippen molar-refractivity contribution < 1.29 is 0 Å². The molecule has 2 N–H and O–H groups in total. The van der Waals surface area contributed by atoms with Gasteiger partial charge in [-0.1, -0.05) is 34.1 Å². The number of nitrogens with two attached hydrogens (primary N) is 1. The second-order valence-electron chi connectivity index (χ2n) is 5.68. The molecular weight excluding hydrogens is 196 g/mol. The third-order valence-corrected chi connectivity index (χ3v) is 4.43. The van der Waals surface area contributed by atoms with E-state index in [-0.39, 0.29) is 5.54 Å². The van der Waals surface area contributed by atoms with Gasteiger partial charge >= 0.3 is 0 Å². The molecule has 0 spiro atoms. The van der Waals surface area contributed by atoms with Crippen LogP contribution in [0.15, 0.2) is 0 Å². The van der Waals surface area contributed by atoms with Crippen molar-refractivity contribution in [1.82, 2.24) is 4.90 Å². The fourth-order valence-electron chi connectivity index (χ4n) is 3.43. The third-order valence-electron chi connectivity index (χ3n) is 4.43. The van der Waals surface area contributed by atoms with Crippen molar-refractivity contribution in [3.05, 3.63) is 0 Å². The van der Waals surface area contributed by atoms with Crippen molar-refractivity contribution in [2.45, 2.75) is 71.4 Å². The van der Waals surface area contributed by atoms with Crippen LogP contribution in [0.3, 0.4) is 0 Å². The van der Waals surface area contributed by atoms with Crippen LogP contribution in [-0.4, -0.2) is 29.6 Å². The van der Waals surface area contributed by atoms with Crippen molar-refractivity contribution in [3.63, 3.8) is 0 Å². The van der Waals surface area contributed by atoms with Crippen LogP contribution >= 0.6 is 0 Å². The van der Waals surface area contributed by atoms with E-state index in [9.17, 15) is 0 Å². The molecule has 1 heterocycles. The Bertz CT molecular complexity index is 197. The number of hydrogen-bond acceptors (Lipinski definition) is 2. The van der Waals surface area contributed by atoms with E-state index in [1.807, 2.05) is 0 Å². The minimum atomic E-state index is 0.278. The van der Waals surface area contributed by atoms with Gasteiger partial charge in [-0.2, -0.15) is 0 Å². The van der Waals surface area contributed by atoms with Gasteiger partial charge in [0.15, 0.2) is 0 Å². The highest BCUT2D eigenvalue weighted by Crippen LogP contribution is 2.35. The van der Waals surface area contributed by atoms with E-state index in [4.69, 9.17) is 5.73 Å². The van der Waals surface area contributed by atoms with Crippen LogP contribution < -0.4 is 5.73 Å². The highest BCUT2D eigenvalue weighted by atomic mass is 15.3. The van der Waals surface area contributed by atoms with Gasteiger partial charge in [-0.05, 0) is 38.1 Å². The zero-order valence-electron chi connectivity index (χ0n) is 11.6. The standard InChI is InChI=1S/C14H30N2/c1-5-9-14(6-2,11-15)16-10-7-8-13(16)12(3)4/h12-13H,5-11,15H2,1-4H3. The number of nitrogens with zero attached hydrogens (tertiary/aromatic N) is 1. The summed E-state index contributed by atoms with van der Waals surface area (Å²) >= 11 is 0. The average Bonchev–Trinajstić information content (AvgIpc) is 2.75.